The number of benzene rings is 1. The fourth-order valence-electron chi connectivity index (χ4n) is 3.48. The summed E-state index contributed by atoms with van der Waals surface area (Å²) in [5.74, 6) is -0.787. The number of likely N-dealkylation sites (N-methyl/N-ethyl adjacent to an activating group) is 1. The largest absolute Gasteiger partial charge is 0.443 e. The molecule has 222 valence electrons. The van der Waals surface area contributed by atoms with Gasteiger partial charge in [0.25, 0.3) is 5.91 Å². The molecule has 2 amide bonds. The second-order valence-electron chi connectivity index (χ2n) is 10.6. The van der Waals surface area contributed by atoms with Crippen molar-refractivity contribution in [2.75, 3.05) is 27.7 Å². The SMILES string of the molecule is C=C(N=CN(C)NC(=O)/C=C/CN(C)C)N(Cc1c(CC)ccc(Oc2cccc(C)n2)c1F)C(=O)OC(C)(C)C. The summed E-state index contributed by atoms with van der Waals surface area (Å²) in [5.41, 5.74) is 3.41. The van der Waals surface area contributed by atoms with Crippen LogP contribution in [0.2, 0.25) is 0 Å². The van der Waals surface area contributed by atoms with E-state index in [-0.39, 0.29) is 35.5 Å². The van der Waals surface area contributed by atoms with Crippen LogP contribution >= 0.6 is 0 Å². The number of halogens is 1. The van der Waals surface area contributed by atoms with E-state index in [0.29, 0.717) is 18.5 Å². The topological polar surface area (TPSA) is 99.6 Å². The van der Waals surface area contributed by atoms with Gasteiger partial charge in [-0.15, -0.1) is 0 Å². The molecular weight excluding hydrogens is 527 g/mol. The Labute approximate surface area is 242 Å². The number of hydrogen-bond acceptors (Lipinski definition) is 7. The average Bonchev–Trinajstić information content (AvgIpc) is 2.86. The van der Waals surface area contributed by atoms with Crippen LogP contribution in [0.1, 0.15) is 44.5 Å². The number of ether oxygens (including phenoxy) is 2. The summed E-state index contributed by atoms with van der Waals surface area (Å²) in [7, 11) is 5.35. The first kappa shape index (κ1) is 33.0. The lowest BCUT2D eigenvalue weighted by molar-refractivity contribution is -0.119. The van der Waals surface area contributed by atoms with Crippen LogP contribution in [0.25, 0.3) is 0 Å². The lowest BCUT2D eigenvalue weighted by Gasteiger charge is -2.28. The van der Waals surface area contributed by atoms with Gasteiger partial charge in [-0.3, -0.25) is 20.1 Å². The van der Waals surface area contributed by atoms with Gasteiger partial charge in [0.15, 0.2) is 11.6 Å². The zero-order valence-electron chi connectivity index (χ0n) is 25.2. The van der Waals surface area contributed by atoms with Gasteiger partial charge in [0.1, 0.15) is 17.8 Å². The molecule has 0 fully saturated rings. The first-order valence-electron chi connectivity index (χ1n) is 13.2. The summed E-state index contributed by atoms with van der Waals surface area (Å²) in [6.07, 6.45) is 4.16. The normalized spacial score (nSPS) is 11.7. The van der Waals surface area contributed by atoms with Crippen molar-refractivity contribution in [3.05, 3.63) is 77.5 Å². The molecule has 2 rings (SSSR count). The van der Waals surface area contributed by atoms with E-state index in [1.807, 2.05) is 38.9 Å². The highest BCUT2D eigenvalue weighted by Crippen LogP contribution is 2.30. The predicted molar refractivity (Wildman–Crippen MR) is 158 cm³/mol. The van der Waals surface area contributed by atoms with Gasteiger partial charge in [0.2, 0.25) is 5.88 Å². The van der Waals surface area contributed by atoms with Crippen molar-refractivity contribution in [2.45, 2.75) is 53.2 Å². The number of pyridine rings is 1. The summed E-state index contributed by atoms with van der Waals surface area (Å²) >= 11 is 0. The Balaban J connectivity index is 2.33. The number of nitrogens with zero attached hydrogens (tertiary/aromatic N) is 5. The van der Waals surface area contributed by atoms with Crippen molar-refractivity contribution in [1.29, 1.82) is 0 Å². The molecule has 2 aromatic rings. The van der Waals surface area contributed by atoms with E-state index in [1.165, 1.54) is 23.5 Å². The Hall–Kier alpha value is -4.25. The van der Waals surface area contributed by atoms with Crippen LogP contribution < -0.4 is 10.2 Å². The number of aryl methyl sites for hydroxylation is 2. The van der Waals surface area contributed by atoms with Crippen LogP contribution in [0.5, 0.6) is 11.6 Å². The highest BCUT2D eigenvalue weighted by atomic mass is 19.1. The Bertz CT molecular complexity index is 1290. The van der Waals surface area contributed by atoms with Crippen molar-refractivity contribution >= 4 is 18.3 Å². The van der Waals surface area contributed by atoms with Gasteiger partial charge in [0.05, 0.1) is 6.54 Å². The van der Waals surface area contributed by atoms with Gasteiger partial charge in [-0.1, -0.05) is 31.7 Å². The van der Waals surface area contributed by atoms with E-state index < -0.39 is 17.5 Å². The molecule has 41 heavy (non-hydrogen) atoms. The van der Waals surface area contributed by atoms with Gasteiger partial charge >= 0.3 is 6.09 Å². The molecule has 1 heterocycles. The Morgan fingerprint density at radius 3 is 2.49 bits per heavy atom. The fourth-order valence-corrected chi connectivity index (χ4v) is 3.48. The van der Waals surface area contributed by atoms with E-state index >= 15 is 4.39 Å². The summed E-state index contributed by atoms with van der Waals surface area (Å²) < 4.78 is 27.2. The van der Waals surface area contributed by atoms with E-state index in [1.54, 1.807) is 52.1 Å². The molecule has 0 saturated heterocycles. The summed E-state index contributed by atoms with van der Waals surface area (Å²) in [5, 5.41) is 1.32. The van der Waals surface area contributed by atoms with Gasteiger partial charge < -0.3 is 14.4 Å². The molecule has 0 aliphatic rings. The third-order valence-electron chi connectivity index (χ3n) is 5.41. The number of carbonyl (C=O) groups is 2. The Morgan fingerprint density at radius 2 is 1.88 bits per heavy atom. The van der Waals surface area contributed by atoms with Crippen molar-refractivity contribution in [3.63, 3.8) is 0 Å². The number of hydrogen-bond donors (Lipinski definition) is 1. The second kappa shape index (κ2) is 14.9. The Morgan fingerprint density at radius 1 is 1.17 bits per heavy atom. The predicted octanol–water partition coefficient (Wildman–Crippen LogP) is 5.20. The van der Waals surface area contributed by atoms with Gasteiger partial charge in [-0.2, -0.15) is 0 Å². The molecule has 11 heteroatoms. The minimum Gasteiger partial charge on any atom is -0.443 e. The van der Waals surface area contributed by atoms with Crippen LogP contribution in [0, 0.1) is 12.7 Å². The van der Waals surface area contributed by atoms with Gasteiger partial charge in [0, 0.05) is 37.0 Å². The zero-order chi connectivity index (χ0) is 30.7. The standard InChI is InChI=1S/C30H41FN6O4/c1-10-23-16-17-25(40-27-15-11-13-21(2)33-27)28(31)24(23)19-37(29(39)41-30(4,5)6)22(3)32-20-36(9)34-26(38)14-12-18-35(7)8/h11-17,20H,3,10,18-19H2,1-2,4-9H3,(H,34,38)/b14-12+,32-20?. The number of aliphatic imine (C=N–C) groups is 1. The lowest BCUT2D eigenvalue weighted by atomic mass is 10.0. The Kier molecular flexibility index (Phi) is 12.0. The first-order chi connectivity index (χ1) is 19.2. The molecule has 1 aromatic carbocycles. The minimum atomic E-state index is -0.823. The molecule has 0 atom stereocenters. The minimum absolute atomic E-state index is 0.0170. The van der Waals surface area contributed by atoms with E-state index in [9.17, 15) is 9.59 Å². The zero-order valence-corrected chi connectivity index (χ0v) is 25.2. The number of nitrogens with one attached hydrogen (secondary N) is 1. The van der Waals surface area contributed by atoms with Gasteiger partial charge in [-0.25, -0.2) is 19.2 Å². The molecule has 0 aliphatic carbocycles. The average molecular weight is 569 g/mol. The summed E-state index contributed by atoms with van der Waals surface area (Å²) in [6.45, 7) is 13.2. The van der Waals surface area contributed by atoms with Crippen molar-refractivity contribution in [2.24, 2.45) is 4.99 Å². The van der Waals surface area contributed by atoms with Crippen molar-refractivity contribution in [1.82, 2.24) is 25.2 Å². The molecule has 0 spiro atoms. The highest BCUT2D eigenvalue weighted by molar-refractivity contribution is 5.88. The molecule has 0 unspecified atom stereocenters. The molecule has 0 radical (unpaired) electrons. The molecule has 0 bridgehead atoms. The molecule has 1 aromatic heterocycles. The van der Waals surface area contributed by atoms with Crippen LogP contribution in [0.4, 0.5) is 9.18 Å². The van der Waals surface area contributed by atoms with Crippen molar-refractivity contribution < 1.29 is 23.5 Å². The third-order valence-corrected chi connectivity index (χ3v) is 5.41. The first-order valence-corrected chi connectivity index (χ1v) is 13.2. The van der Waals surface area contributed by atoms with E-state index in [4.69, 9.17) is 9.47 Å². The number of aromatic nitrogens is 1. The van der Waals surface area contributed by atoms with Crippen LogP contribution in [0.15, 0.2) is 59.9 Å². The molecule has 10 nitrogen and oxygen atoms in total. The number of rotatable bonds is 12. The van der Waals surface area contributed by atoms with Crippen molar-refractivity contribution in [3.8, 4) is 11.6 Å². The maximum atomic E-state index is 15.9. The number of carbonyl (C=O) groups excluding carboxylic acids is 2. The fraction of sp³-hybridized carbons (Fsp3) is 0.400. The third kappa shape index (κ3) is 11.0. The monoisotopic (exact) mass is 568 g/mol. The second-order valence-corrected chi connectivity index (χ2v) is 10.6. The summed E-state index contributed by atoms with van der Waals surface area (Å²) in [6, 6.07) is 8.50. The van der Waals surface area contributed by atoms with Crippen LogP contribution in [-0.2, 0) is 22.5 Å². The molecule has 1 N–H and O–H groups in total. The van der Waals surface area contributed by atoms with Crippen LogP contribution in [-0.4, -0.2) is 71.4 Å². The number of amides is 2. The quantitative estimate of drug-likeness (QED) is 0.163. The van der Waals surface area contributed by atoms with Crippen LogP contribution in [0.3, 0.4) is 0 Å². The molecular formula is C30H41FN6O4. The maximum Gasteiger partial charge on any atom is 0.416 e. The molecule has 0 saturated carbocycles. The van der Waals surface area contributed by atoms with E-state index in [2.05, 4.69) is 22.0 Å². The summed E-state index contributed by atoms with van der Waals surface area (Å²) in [4.78, 5) is 36.9. The maximum absolute atomic E-state index is 15.9. The van der Waals surface area contributed by atoms with Gasteiger partial charge in [-0.05, 0) is 65.9 Å². The smallest absolute Gasteiger partial charge is 0.416 e. The lowest BCUT2D eigenvalue weighted by Crippen LogP contribution is -2.38. The molecule has 0 aliphatic heterocycles. The van der Waals surface area contributed by atoms with E-state index in [0.717, 1.165) is 10.6 Å². The highest BCUT2D eigenvalue weighted by Gasteiger charge is 2.27. The number of hydrazine groups is 1.